The molecule has 100 valence electrons. The molecule has 1 saturated carbocycles. The average Bonchev–Trinajstić information content (AvgIpc) is 2.82. The monoisotopic (exact) mass is 251 g/mol. The van der Waals surface area contributed by atoms with Crippen molar-refractivity contribution in [2.45, 2.75) is 45.6 Å². The van der Waals surface area contributed by atoms with Gasteiger partial charge >= 0.3 is 0 Å². The van der Waals surface area contributed by atoms with Crippen molar-refractivity contribution in [3.63, 3.8) is 0 Å². The summed E-state index contributed by atoms with van der Waals surface area (Å²) in [7, 11) is 0. The summed E-state index contributed by atoms with van der Waals surface area (Å²) in [5.41, 5.74) is 0.252. The lowest BCUT2D eigenvalue weighted by Gasteiger charge is -2.36. The van der Waals surface area contributed by atoms with Crippen LogP contribution >= 0.6 is 0 Å². The maximum Gasteiger partial charge on any atom is 0.271 e. The first-order chi connectivity index (χ1) is 8.34. The Morgan fingerprint density at radius 1 is 1.56 bits per heavy atom. The third-order valence-electron chi connectivity index (χ3n) is 4.13. The molecule has 1 aliphatic rings. The highest BCUT2D eigenvalue weighted by Gasteiger charge is 2.47. The maximum atomic E-state index is 11.9. The van der Waals surface area contributed by atoms with Gasteiger partial charge in [0, 0.05) is 12.2 Å². The van der Waals surface area contributed by atoms with Crippen LogP contribution in [0.2, 0.25) is 0 Å². The van der Waals surface area contributed by atoms with Gasteiger partial charge in [0.15, 0.2) is 0 Å². The van der Waals surface area contributed by atoms with Gasteiger partial charge in [-0.25, -0.2) is 0 Å². The molecular weight excluding hydrogens is 230 g/mol. The zero-order valence-corrected chi connectivity index (χ0v) is 11.2. The van der Waals surface area contributed by atoms with E-state index in [1.54, 1.807) is 6.07 Å². The second-order valence-corrected chi connectivity index (χ2v) is 5.89. The van der Waals surface area contributed by atoms with Gasteiger partial charge in [0.25, 0.3) is 5.91 Å². The van der Waals surface area contributed by atoms with Gasteiger partial charge in [-0.05, 0) is 37.7 Å². The molecule has 1 fully saturated rings. The van der Waals surface area contributed by atoms with Gasteiger partial charge in [0.2, 0.25) is 0 Å². The summed E-state index contributed by atoms with van der Waals surface area (Å²) < 4.78 is 0. The quantitative estimate of drug-likeness (QED) is 0.759. The van der Waals surface area contributed by atoms with Crippen LogP contribution in [0, 0.1) is 12.3 Å². The number of nitrogens with one attached hydrogen (secondary N) is 2. The molecule has 1 heterocycles. The molecule has 2 rings (SSSR count). The van der Waals surface area contributed by atoms with Gasteiger partial charge in [-0.1, -0.05) is 13.8 Å². The number of nitrogens with zero attached hydrogens (tertiary/aromatic N) is 1. The molecule has 5 heteroatoms. The zero-order chi connectivity index (χ0) is 13.4. The van der Waals surface area contributed by atoms with Crippen LogP contribution in [0.5, 0.6) is 0 Å². The van der Waals surface area contributed by atoms with E-state index in [4.69, 9.17) is 0 Å². The van der Waals surface area contributed by atoms with Gasteiger partial charge in [-0.2, -0.15) is 5.10 Å². The van der Waals surface area contributed by atoms with Crippen LogP contribution in [0.4, 0.5) is 0 Å². The number of aliphatic hydroxyl groups is 1. The zero-order valence-electron chi connectivity index (χ0n) is 11.2. The van der Waals surface area contributed by atoms with Gasteiger partial charge in [-0.3, -0.25) is 9.89 Å². The Morgan fingerprint density at radius 2 is 2.28 bits per heavy atom. The molecule has 3 N–H and O–H groups in total. The minimum atomic E-state index is -0.811. The van der Waals surface area contributed by atoms with Crippen molar-refractivity contribution in [2.75, 3.05) is 6.54 Å². The second-order valence-electron chi connectivity index (χ2n) is 5.89. The van der Waals surface area contributed by atoms with Crippen LogP contribution in [0.15, 0.2) is 6.07 Å². The van der Waals surface area contributed by atoms with Crippen LogP contribution in [-0.4, -0.2) is 33.4 Å². The summed E-state index contributed by atoms with van der Waals surface area (Å²) in [6.07, 6.45) is 2.72. The largest absolute Gasteiger partial charge is 0.387 e. The Bertz CT molecular complexity index is 453. The number of rotatable bonds is 3. The molecule has 0 spiro atoms. The Labute approximate surface area is 107 Å². The van der Waals surface area contributed by atoms with E-state index in [0.717, 1.165) is 25.0 Å². The maximum absolute atomic E-state index is 11.9. The van der Waals surface area contributed by atoms with Crippen LogP contribution < -0.4 is 5.32 Å². The van der Waals surface area contributed by atoms with Crippen LogP contribution in [0.3, 0.4) is 0 Å². The minimum absolute atomic E-state index is 0.151. The summed E-state index contributed by atoms with van der Waals surface area (Å²) in [4.78, 5) is 11.9. The predicted molar refractivity (Wildman–Crippen MR) is 68.2 cm³/mol. The molecule has 5 nitrogen and oxygen atoms in total. The number of aryl methyl sites for hydroxylation is 1. The lowest BCUT2D eigenvalue weighted by atomic mass is 9.78. The fourth-order valence-corrected chi connectivity index (χ4v) is 2.57. The van der Waals surface area contributed by atoms with Crippen molar-refractivity contribution in [2.24, 2.45) is 5.41 Å². The van der Waals surface area contributed by atoms with E-state index >= 15 is 0 Å². The molecule has 0 saturated heterocycles. The number of hydrogen-bond acceptors (Lipinski definition) is 3. The Morgan fingerprint density at radius 3 is 2.78 bits per heavy atom. The fraction of sp³-hybridized carbons (Fsp3) is 0.692. The average molecular weight is 251 g/mol. The number of hydrogen-bond donors (Lipinski definition) is 3. The first-order valence-electron chi connectivity index (χ1n) is 6.37. The minimum Gasteiger partial charge on any atom is -0.387 e. The third-order valence-corrected chi connectivity index (χ3v) is 4.13. The van der Waals surface area contributed by atoms with E-state index in [1.807, 2.05) is 20.8 Å². The van der Waals surface area contributed by atoms with E-state index in [2.05, 4.69) is 15.5 Å². The topological polar surface area (TPSA) is 78.0 Å². The highest BCUT2D eigenvalue weighted by atomic mass is 16.3. The fourth-order valence-electron chi connectivity index (χ4n) is 2.57. The summed E-state index contributed by atoms with van der Waals surface area (Å²) in [5.74, 6) is -0.240. The molecule has 0 radical (unpaired) electrons. The summed E-state index contributed by atoms with van der Waals surface area (Å²) in [6, 6.07) is 1.69. The number of carbonyl (C=O) groups excluding carboxylic acids is 1. The molecule has 1 aromatic rings. The number of aromatic amines is 1. The van der Waals surface area contributed by atoms with Crippen LogP contribution in [0.25, 0.3) is 0 Å². The highest BCUT2D eigenvalue weighted by Crippen LogP contribution is 2.45. The number of aromatic nitrogens is 2. The van der Waals surface area contributed by atoms with Gasteiger partial charge in [0.05, 0.1) is 5.60 Å². The smallest absolute Gasteiger partial charge is 0.271 e. The molecule has 0 aliphatic heterocycles. The highest BCUT2D eigenvalue weighted by molar-refractivity contribution is 5.92. The standard InChI is InChI=1S/C13H21N3O2/c1-9-7-10(16-15-9)11(17)14-8-13(18)6-4-5-12(13,2)3/h7,18H,4-6,8H2,1-3H3,(H,14,17)(H,15,16). The molecule has 0 aromatic carbocycles. The summed E-state index contributed by atoms with van der Waals surface area (Å²) in [5, 5.41) is 20.0. The Kier molecular flexibility index (Phi) is 3.19. The molecule has 1 aromatic heterocycles. The molecule has 18 heavy (non-hydrogen) atoms. The van der Waals surface area contributed by atoms with Crippen molar-refractivity contribution >= 4 is 5.91 Å². The molecule has 1 aliphatic carbocycles. The molecular formula is C13H21N3O2. The Balaban J connectivity index is 1.98. The number of H-pyrrole nitrogens is 1. The third kappa shape index (κ3) is 2.27. The van der Waals surface area contributed by atoms with Crippen molar-refractivity contribution < 1.29 is 9.90 Å². The SMILES string of the molecule is Cc1cc(C(=O)NCC2(O)CCCC2(C)C)n[nH]1. The summed E-state index contributed by atoms with van der Waals surface area (Å²) in [6.45, 7) is 6.22. The lowest BCUT2D eigenvalue weighted by Crippen LogP contribution is -2.49. The molecule has 1 amide bonds. The van der Waals surface area contributed by atoms with E-state index in [0.29, 0.717) is 5.69 Å². The second kappa shape index (κ2) is 4.39. The molecule has 0 bridgehead atoms. The van der Waals surface area contributed by atoms with Crippen molar-refractivity contribution in [3.05, 3.63) is 17.5 Å². The molecule has 1 atom stereocenters. The van der Waals surface area contributed by atoms with E-state index in [9.17, 15) is 9.90 Å². The number of carbonyl (C=O) groups is 1. The normalized spacial score (nSPS) is 26.2. The first kappa shape index (κ1) is 13.1. The van der Waals surface area contributed by atoms with Gasteiger partial charge < -0.3 is 10.4 Å². The predicted octanol–water partition coefficient (Wildman–Crippen LogP) is 1.39. The van der Waals surface area contributed by atoms with Gasteiger partial charge in [-0.15, -0.1) is 0 Å². The van der Waals surface area contributed by atoms with Crippen LogP contribution in [-0.2, 0) is 0 Å². The van der Waals surface area contributed by atoms with Gasteiger partial charge in [0.1, 0.15) is 5.69 Å². The van der Waals surface area contributed by atoms with Crippen molar-refractivity contribution in [1.29, 1.82) is 0 Å². The van der Waals surface area contributed by atoms with E-state index in [1.165, 1.54) is 0 Å². The summed E-state index contributed by atoms with van der Waals surface area (Å²) >= 11 is 0. The van der Waals surface area contributed by atoms with E-state index in [-0.39, 0.29) is 17.9 Å². The van der Waals surface area contributed by atoms with Crippen molar-refractivity contribution in [1.82, 2.24) is 15.5 Å². The lowest BCUT2D eigenvalue weighted by molar-refractivity contribution is -0.0394. The first-order valence-corrected chi connectivity index (χ1v) is 6.37. The number of amides is 1. The Hall–Kier alpha value is -1.36. The molecule has 1 unspecified atom stereocenters. The van der Waals surface area contributed by atoms with E-state index < -0.39 is 5.60 Å². The van der Waals surface area contributed by atoms with Crippen LogP contribution in [0.1, 0.15) is 49.3 Å². The van der Waals surface area contributed by atoms with Crippen molar-refractivity contribution in [3.8, 4) is 0 Å².